The first-order valence-corrected chi connectivity index (χ1v) is 8.55. The molecule has 1 saturated heterocycles. The van der Waals surface area contributed by atoms with Gasteiger partial charge < -0.3 is 19.3 Å². The summed E-state index contributed by atoms with van der Waals surface area (Å²) in [7, 11) is 3.03. The van der Waals surface area contributed by atoms with Crippen molar-refractivity contribution in [2.75, 3.05) is 14.2 Å². The summed E-state index contributed by atoms with van der Waals surface area (Å²) >= 11 is 0. The maximum atomic E-state index is 12.8. The Balaban J connectivity index is 2.18. The van der Waals surface area contributed by atoms with Gasteiger partial charge in [0.1, 0.15) is 0 Å². The monoisotopic (exact) mass is 356 g/mol. The number of aromatic hydroxyl groups is 1. The highest BCUT2D eigenvalue weighted by atomic mass is 16.7. The summed E-state index contributed by atoms with van der Waals surface area (Å²) in [6.07, 6.45) is 4.21. The first-order valence-electron chi connectivity index (χ1n) is 8.55. The number of carbonyl (C=O) groups excluding carboxylic acids is 1. The van der Waals surface area contributed by atoms with Gasteiger partial charge in [0.2, 0.25) is 5.79 Å². The molecule has 2 bridgehead atoms. The summed E-state index contributed by atoms with van der Waals surface area (Å²) in [6, 6.07) is 5.14. The molecule has 0 saturated carbocycles. The van der Waals surface area contributed by atoms with E-state index in [1.165, 1.54) is 14.2 Å². The third kappa shape index (κ3) is 2.63. The summed E-state index contributed by atoms with van der Waals surface area (Å²) in [6.45, 7) is 9.97. The number of phenols is 1. The molecule has 2 aliphatic heterocycles. The third-order valence-corrected chi connectivity index (χ3v) is 5.48. The van der Waals surface area contributed by atoms with Gasteiger partial charge in [-0.1, -0.05) is 25.6 Å². The van der Waals surface area contributed by atoms with Crippen molar-refractivity contribution in [2.45, 2.75) is 25.0 Å². The van der Waals surface area contributed by atoms with Crippen molar-refractivity contribution >= 4 is 5.97 Å². The normalized spacial score (nSPS) is 30.4. The molecule has 0 aromatic heterocycles. The summed E-state index contributed by atoms with van der Waals surface area (Å²) < 4.78 is 16.7. The van der Waals surface area contributed by atoms with Crippen molar-refractivity contribution in [3.05, 3.63) is 60.2 Å². The van der Waals surface area contributed by atoms with E-state index < -0.39 is 11.7 Å². The average molecular weight is 356 g/mol. The number of ether oxygens (including phenoxy) is 3. The number of hydrogen-bond donors (Lipinski definition) is 1. The maximum Gasteiger partial charge on any atom is 0.316 e. The Morgan fingerprint density at radius 2 is 2.12 bits per heavy atom. The minimum absolute atomic E-state index is 0.0519. The van der Waals surface area contributed by atoms with E-state index in [9.17, 15) is 9.90 Å². The van der Waals surface area contributed by atoms with Crippen molar-refractivity contribution in [1.29, 1.82) is 0 Å². The lowest BCUT2D eigenvalue weighted by atomic mass is 9.71. The van der Waals surface area contributed by atoms with Crippen molar-refractivity contribution in [3.63, 3.8) is 0 Å². The van der Waals surface area contributed by atoms with Gasteiger partial charge in [-0.15, -0.1) is 6.58 Å². The molecule has 1 aromatic carbocycles. The van der Waals surface area contributed by atoms with E-state index >= 15 is 0 Å². The molecule has 1 N–H and O–H groups in total. The minimum atomic E-state index is -1.17. The lowest BCUT2D eigenvalue weighted by Gasteiger charge is -2.44. The zero-order valence-corrected chi connectivity index (χ0v) is 15.3. The fraction of sp³-hybridized carbons (Fsp3) is 0.381. The topological polar surface area (TPSA) is 65.0 Å². The largest absolute Gasteiger partial charge is 0.504 e. The molecule has 1 aliphatic carbocycles. The molecular formula is C21H24O5. The van der Waals surface area contributed by atoms with Crippen LogP contribution in [0, 0.1) is 11.8 Å². The van der Waals surface area contributed by atoms with Crippen LogP contribution in [0.15, 0.2) is 54.7 Å². The number of benzene rings is 1. The maximum absolute atomic E-state index is 12.8. The number of methoxy groups -OCH3 is 2. The Labute approximate surface area is 153 Å². The van der Waals surface area contributed by atoms with Gasteiger partial charge in [0, 0.05) is 18.9 Å². The second kappa shape index (κ2) is 6.65. The summed E-state index contributed by atoms with van der Waals surface area (Å²) in [5.74, 6) is -2.03. The van der Waals surface area contributed by atoms with Crippen LogP contribution in [0.25, 0.3) is 0 Å². The number of allylic oxidation sites excluding steroid dienone is 2. The zero-order valence-electron chi connectivity index (χ0n) is 15.3. The Bertz CT molecular complexity index is 794. The van der Waals surface area contributed by atoms with Crippen LogP contribution < -0.4 is 4.74 Å². The highest BCUT2D eigenvalue weighted by Gasteiger charge is 2.56. The molecular weight excluding hydrogens is 332 g/mol. The van der Waals surface area contributed by atoms with Crippen molar-refractivity contribution in [3.8, 4) is 11.5 Å². The van der Waals surface area contributed by atoms with E-state index in [2.05, 4.69) is 13.2 Å². The van der Waals surface area contributed by atoms with Crippen LogP contribution in [0.2, 0.25) is 0 Å². The molecule has 138 valence electrons. The van der Waals surface area contributed by atoms with Gasteiger partial charge in [-0.05, 0) is 41.3 Å². The third-order valence-electron chi connectivity index (χ3n) is 5.48. The van der Waals surface area contributed by atoms with E-state index in [0.29, 0.717) is 12.2 Å². The molecule has 26 heavy (non-hydrogen) atoms. The molecule has 0 unspecified atom stereocenters. The van der Waals surface area contributed by atoms with Crippen LogP contribution in [0.5, 0.6) is 11.5 Å². The molecule has 0 radical (unpaired) electrons. The molecule has 3 aliphatic rings. The lowest BCUT2D eigenvalue weighted by Crippen LogP contribution is -2.51. The predicted octanol–water partition coefficient (Wildman–Crippen LogP) is 3.71. The Kier molecular flexibility index (Phi) is 4.67. The highest BCUT2D eigenvalue weighted by molar-refractivity contribution is 5.81. The SMILES string of the molecule is C=CCC1=C[C@@]2(OC)OC(=O)[C@H](C1=C)[C@H](c1ccc(O)c(OC)c1)[C@@H]2C. The number of hydrogen-bond acceptors (Lipinski definition) is 5. The number of fused-ring (bicyclic) bond motifs is 3. The second-order valence-corrected chi connectivity index (χ2v) is 6.76. The first kappa shape index (κ1) is 18.3. The number of rotatable bonds is 5. The molecule has 1 aromatic rings. The molecule has 5 heteroatoms. The van der Waals surface area contributed by atoms with Crippen molar-refractivity contribution < 1.29 is 24.1 Å². The van der Waals surface area contributed by atoms with Crippen molar-refractivity contribution in [1.82, 2.24) is 0 Å². The van der Waals surface area contributed by atoms with Crippen LogP contribution >= 0.6 is 0 Å². The smallest absolute Gasteiger partial charge is 0.316 e. The second-order valence-electron chi connectivity index (χ2n) is 6.76. The molecule has 2 heterocycles. The summed E-state index contributed by atoms with van der Waals surface area (Å²) in [5.41, 5.74) is 2.48. The van der Waals surface area contributed by atoms with Crippen molar-refractivity contribution in [2.24, 2.45) is 11.8 Å². The Morgan fingerprint density at radius 3 is 2.73 bits per heavy atom. The fourth-order valence-corrected chi connectivity index (χ4v) is 4.07. The van der Waals surface area contributed by atoms with Gasteiger partial charge in [-0.3, -0.25) is 4.79 Å². The molecule has 4 rings (SSSR count). The molecule has 4 atom stereocenters. The van der Waals surface area contributed by atoms with Crippen LogP contribution in [-0.2, 0) is 14.3 Å². The first-order chi connectivity index (χ1) is 12.4. The lowest BCUT2D eigenvalue weighted by molar-refractivity contribution is -0.239. The average Bonchev–Trinajstić information content (AvgIpc) is 2.78. The van der Waals surface area contributed by atoms with Gasteiger partial charge in [0.25, 0.3) is 0 Å². The van der Waals surface area contributed by atoms with Gasteiger partial charge in [0.15, 0.2) is 11.5 Å². The summed E-state index contributed by atoms with van der Waals surface area (Å²) in [5, 5.41) is 9.92. The summed E-state index contributed by atoms with van der Waals surface area (Å²) in [4.78, 5) is 12.8. The van der Waals surface area contributed by atoms with Crippen LogP contribution in [0.4, 0.5) is 0 Å². The minimum Gasteiger partial charge on any atom is -0.504 e. The van der Waals surface area contributed by atoms with E-state index in [-0.39, 0.29) is 23.6 Å². The molecule has 0 spiro atoms. The standard InChI is InChI=1S/C21H24O5/c1-6-7-15-11-21(25-5)13(3)19(18(12(15)2)20(23)26-21)14-8-9-16(22)17(10-14)24-4/h6,8-11,13,18-19,22H,1-2,7H2,3-5H3/t13-,18+,19-,21+/m0/s1. The quantitative estimate of drug-likeness (QED) is 0.644. The van der Waals surface area contributed by atoms with Gasteiger partial charge >= 0.3 is 5.97 Å². The number of phenolic OH excluding ortho intramolecular Hbond substituents is 1. The molecule has 0 amide bonds. The van der Waals surface area contributed by atoms with Crippen LogP contribution in [0.3, 0.4) is 0 Å². The number of esters is 1. The zero-order chi connectivity index (χ0) is 19.1. The fourth-order valence-electron chi connectivity index (χ4n) is 4.07. The Hall–Kier alpha value is -2.53. The van der Waals surface area contributed by atoms with Crippen LogP contribution in [-0.4, -0.2) is 31.1 Å². The highest BCUT2D eigenvalue weighted by Crippen LogP contribution is 2.53. The van der Waals surface area contributed by atoms with E-state index in [1.54, 1.807) is 24.3 Å². The molecule has 5 nitrogen and oxygen atoms in total. The van der Waals surface area contributed by atoms with Gasteiger partial charge in [-0.25, -0.2) is 0 Å². The van der Waals surface area contributed by atoms with E-state index in [4.69, 9.17) is 14.2 Å². The molecule has 1 fully saturated rings. The van der Waals surface area contributed by atoms with E-state index in [1.807, 2.05) is 13.0 Å². The van der Waals surface area contributed by atoms with Gasteiger partial charge in [0.05, 0.1) is 13.0 Å². The predicted molar refractivity (Wildman–Crippen MR) is 97.9 cm³/mol. The number of carbonyl (C=O) groups is 1. The Morgan fingerprint density at radius 1 is 1.38 bits per heavy atom. The van der Waals surface area contributed by atoms with Crippen LogP contribution in [0.1, 0.15) is 24.8 Å². The van der Waals surface area contributed by atoms with Gasteiger partial charge in [-0.2, -0.15) is 0 Å². The van der Waals surface area contributed by atoms with E-state index in [0.717, 1.165) is 16.7 Å².